The molecule has 3 aliphatic heterocycles. The van der Waals surface area contributed by atoms with E-state index in [1.54, 1.807) is 28.6 Å². The van der Waals surface area contributed by atoms with E-state index in [-0.39, 0.29) is 29.1 Å². The van der Waals surface area contributed by atoms with Gasteiger partial charge in [0.25, 0.3) is 0 Å². The highest BCUT2D eigenvalue weighted by Gasteiger charge is 2.47. The number of benzene rings is 2. The predicted molar refractivity (Wildman–Crippen MR) is 142 cm³/mol. The van der Waals surface area contributed by atoms with Crippen molar-refractivity contribution in [1.82, 2.24) is 9.21 Å². The summed E-state index contributed by atoms with van der Waals surface area (Å²) in [6.45, 7) is 3.94. The van der Waals surface area contributed by atoms with Gasteiger partial charge in [-0.2, -0.15) is 4.31 Å². The van der Waals surface area contributed by atoms with Gasteiger partial charge < -0.3 is 14.8 Å². The highest BCUT2D eigenvalue weighted by molar-refractivity contribution is 7.89. The van der Waals surface area contributed by atoms with Crippen LogP contribution in [0, 0.1) is 0 Å². The van der Waals surface area contributed by atoms with Crippen molar-refractivity contribution in [2.75, 3.05) is 44.6 Å². The van der Waals surface area contributed by atoms with Crippen LogP contribution in [0.25, 0.3) is 0 Å². The van der Waals surface area contributed by atoms with Crippen molar-refractivity contribution >= 4 is 21.6 Å². The monoisotopic (exact) mass is 527 g/mol. The normalized spacial score (nSPS) is 25.4. The van der Waals surface area contributed by atoms with E-state index in [1.807, 2.05) is 18.2 Å². The first-order chi connectivity index (χ1) is 17.9. The molecule has 3 fully saturated rings. The van der Waals surface area contributed by atoms with E-state index < -0.39 is 10.0 Å². The molecule has 0 aliphatic carbocycles. The molecule has 0 aromatic heterocycles. The fourth-order valence-electron chi connectivity index (χ4n) is 5.68. The lowest BCUT2D eigenvalue weighted by atomic mass is 9.85. The summed E-state index contributed by atoms with van der Waals surface area (Å²) < 4.78 is 40.2. The summed E-state index contributed by atoms with van der Waals surface area (Å²) in [6, 6.07) is 16.7. The Morgan fingerprint density at radius 1 is 1.00 bits per heavy atom. The number of nitrogens with zero attached hydrogens (tertiary/aromatic N) is 2. The van der Waals surface area contributed by atoms with Crippen molar-refractivity contribution < 1.29 is 22.7 Å². The standard InChI is InChI=1S/C28H37N3O5S/c32-27(29-24-11-7-12-25(19-24)37(33,34)31-15-5-2-6-16-31)21-30-17-14-28(13-8-18-36-28)26(20-30)35-22-23-9-3-1-4-10-23/h1,3-4,7,9-12,19,26H,2,5-6,8,13-18,20-22H2,(H,29,32)/t26-,28-/m1/s1. The first-order valence-corrected chi connectivity index (χ1v) is 14.8. The number of hydrogen-bond donors (Lipinski definition) is 1. The third-order valence-electron chi connectivity index (χ3n) is 7.73. The molecule has 9 heteroatoms. The van der Waals surface area contributed by atoms with Crippen LogP contribution in [0.4, 0.5) is 5.69 Å². The number of carbonyl (C=O) groups is 1. The quantitative estimate of drug-likeness (QED) is 0.564. The average molecular weight is 528 g/mol. The number of ether oxygens (including phenoxy) is 2. The SMILES string of the molecule is O=C(CN1CC[C@]2(CCCO2)[C@H](OCc2ccccc2)C1)Nc1cccc(S(=O)(=O)N2CCCCC2)c1. The first-order valence-electron chi connectivity index (χ1n) is 13.4. The van der Waals surface area contributed by atoms with E-state index in [0.29, 0.717) is 31.9 Å². The Morgan fingerprint density at radius 2 is 1.81 bits per heavy atom. The predicted octanol–water partition coefficient (Wildman–Crippen LogP) is 3.64. The third kappa shape index (κ3) is 6.23. The number of amides is 1. The minimum absolute atomic E-state index is 0.116. The number of likely N-dealkylation sites (tertiary alicyclic amines) is 1. The molecule has 3 saturated heterocycles. The maximum atomic E-state index is 13.0. The van der Waals surface area contributed by atoms with Crippen LogP contribution in [0.5, 0.6) is 0 Å². The Kier molecular flexibility index (Phi) is 8.26. The van der Waals surface area contributed by atoms with Crippen molar-refractivity contribution in [3.8, 4) is 0 Å². The molecule has 0 bridgehead atoms. The third-order valence-corrected chi connectivity index (χ3v) is 9.62. The van der Waals surface area contributed by atoms with Gasteiger partial charge in [0.1, 0.15) is 0 Å². The number of piperidine rings is 2. The molecule has 2 aromatic rings. The number of anilines is 1. The molecular weight excluding hydrogens is 490 g/mol. The molecule has 5 rings (SSSR count). The molecule has 37 heavy (non-hydrogen) atoms. The minimum Gasteiger partial charge on any atom is -0.372 e. The Balaban J connectivity index is 1.20. The van der Waals surface area contributed by atoms with Crippen LogP contribution in [0.15, 0.2) is 59.5 Å². The number of rotatable bonds is 8. The minimum atomic E-state index is -3.56. The molecule has 0 radical (unpaired) electrons. The van der Waals surface area contributed by atoms with E-state index in [0.717, 1.165) is 57.2 Å². The van der Waals surface area contributed by atoms with E-state index in [9.17, 15) is 13.2 Å². The van der Waals surface area contributed by atoms with Gasteiger partial charge in [0.05, 0.1) is 29.8 Å². The largest absolute Gasteiger partial charge is 0.372 e. The van der Waals surface area contributed by atoms with Crippen molar-refractivity contribution in [2.45, 2.75) is 61.7 Å². The number of nitrogens with one attached hydrogen (secondary N) is 1. The molecule has 1 spiro atoms. The summed E-state index contributed by atoms with van der Waals surface area (Å²) in [6.07, 6.45) is 5.54. The number of sulfonamides is 1. The Labute approximate surface area is 220 Å². The summed E-state index contributed by atoms with van der Waals surface area (Å²) >= 11 is 0. The highest BCUT2D eigenvalue weighted by atomic mass is 32.2. The van der Waals surface area contributed by atoms with Gasteiger partial charge in [0.2, 0.25) is 15.9 Å². The topological polar surface area (TPSA) is 88.2 Å². The van der Waals surface area contributed by atoms with Gasteiger partial charge >= 0.3 is 0 Å². The Bertz CT molecular complexity index is 1160. The van der Waals surface area contributed by atoms with Crippen molar-refractivity contribution in [3.63, 3.8) is 0 Å². The van der Waals surface area contributed by atoms with Crippen LogP contribution in [0.3, 0.4) is 0 Å². The van der Waals surface area contributed by atoms with E-state index in [1.165, 1.54) is 0 Å². The molecule has 2 atom stereocenters. The Morgan fingerprint density at radius 3 is 2.57 bits per heavy atom. The fraction of sp³-hybridized carbons (Fsp3) is 0.536. The summed E-state index contributed by atoms with van der Waals surface area (Å²) in [5, 5.41) is 2.90. The second-order valence-electron chi connectivity index (χ2n) is 10.3. The summed E-state index contributed by atoms with van der Waals surface area (Å²) in [5.74, 6) is -0.169. The molecular formula is C28H37N3O5S. The highest BCUT2D eigenvalue weighted by Crippen LogP contribution is 2.38. The van der Waals surface area contributed by atoms with Crippen molar-refractivity contribution in [3.05, 3.63) is 60.2 Å². The van der Waals surface area contributed by atoms with Gasteiger partial charge in [0.15, 0.2) is 0 Å². The van der Waals surface area contributed by atoms with Gasteiger partial charge in [-0.25, -0.2) is 8.42 Å². The zero-order valence-electron chi connectivity index (χ0n) is 21.3. The van der Waals surface area contributed by atoms with Crippen molar-refractivity contribution in [1.29, 1.82) is 0 Å². The molecule has 200 valence electrons. The van der Waals surface area contributed by atoms with E-state index >= 15 is 0 Å². The smallest absolute Gasteiger partial charge is 0.243 e. The lowest BCUT2D eigenvalue weighted by Gasteiger charge is -2.44. The van der Waals surface area contributed by atoms with Gasteiger partial charge in [-0.05, 0) is 55.9 Å². The van der Waals surface area contributed by atoms with Gasteiger partial charge in [-0.1, -0.05) is 42.8 Å². The van der Waals surface area contributed by atoms with Crippen LogP contribution >= 0.6 is 0 Å². The fourth-order valence-corrected chi connectivity index (χ4v) is 7.25. The summed E-state index contributed by atoms with van der Waals surface area (Å²) in [4.78, 5) is 15.3. The summed E-state index contributed by atoms with van der Waals surface area (Å²) in [5.41, 5.74) is 1.33. The van der Waals surface area contributed by atoms with E-state index in [4.69, 9.17) is 9.47 Å². The van der Waals surface area contributed by atoms with Gasteiger partial charge in [0, 0.05) is 38.5 Å². The van der Waals surface area contributed by atoms with Gasteiger partial charge in [-0.15, -0.1) is 0 Å². The van der Waals surface area contributed by atoms with Crippen molar-refractivity contribution in [2.24, 2.45) is 0 Å². The number of carbonyl (C=O) groups excluding carboxylic acids is 1. The second-order valence-corrected chi connectivity index (χ2v) is 12.3. The second kappa shape index (κ2) is 11.6. The van der Waals surface area contributed by atoms with Crippen LogP contribution in [0.2, 0.25) is 0 Å². The molecule has 3 heterocycles. The molecule has 8 nitrogen and oxygen atoms in total. The zero-order chi connectivity index (χ0) is 25.7. The maximum Gasteiger partial charge on any atom is 0.243 e. The molecule has 2 aromatic carbocycles. The molecule has 1 amide bonds. The Hall–Kier alpha value is -2.30. The van der Waals surface area contributed by atoms with Crippen LogP contribution in [-0.2, 0) is 30.9 Å². The van der Waals surface area contributed by atoms with Crippen LogP contribution in [0.1, 0.15) is 44.1 Å². The molecule has 0 unspecified atom stereocenters. The van der Waals surface area contributed by atoms with E-state index in [2.05, 4.69) is 22.3 Å². The molecule has 1 N–H and O–H groups in total. The lowest BCUT2D eigenvalue weighted by molar-refractivity contribution is -0.159. The van der Waals surface area contributed by atoms with Crippen LogP contribution in [-0.4, -0.2) is 74.6 Å². The molecule has 0 saturated carbocycles. The number of hydrogen-bond acceptors (Lipinski definition) is 6. The first kappa shape index (κ1) is 26.3. The summed E-state index contributed by atoms with van der Waals surface area (Å²) in [7, 11) is -3.56. The zero-order valence-corrected chi connectivity index (χ0v) is 22.1. The lowest BCUT2D eigenvalue weighted by Crippen LogP contribution is -2.57. The van der Waals surface area contributed by atoms with Crippen LogP contribution < -0.4 is 5.32 Å². The molecule has 3 aliphatic rings. The van der Waals surface area contributed by atoms with Gasteiger partial charge in [-0.3, -0.25) is 9.69 Å². The maximum absolute atomic E-state index is 13.0. The average Bonchev–Trinajstić information content (AvgIpc) is 3.39.